The fourth-order valence-electron chi connectivity index (χ4n) is 2.71. The summed E-state index contributed by atoms with van der Waals surface area (Å²) in [7, 11) is 0. The second-order valence-electron chi connectivity index (χ2n) is 5.81. The van der Waals surface area contributed by atoms with E-state index in [-0.39, 0.29) is 5.78 Å². The molecule has 0 unspecified atom stereocenters. The minimum atomic E-state index is 0.247. The van der Waals surface area contributed by atoms with E-state index in [4.69, 9.17) is 0 Å². The second kappa shape index (κ2) is 5.85. The van der Waals surface area contributed by atoms with Crippen LogP contribution in [-0.2, 0) is 0 Å². The van der Waals surface area contributed by atoms with Crippen LogP contribution in [0.4, 0.5) is 0 Å². The summed E-state index contributed by atoms with van der Waals surface area (Å²) >= 11 is 0. The van der Waals surface area contributed by atoms with Crippen molar-refractivity contribution >= 4 is 5.78 Å². The molecule has 1 aromatic carbocycles. The predicted octanol–water partition coefficient (Wildman–Crippen LogP) is 1.90. The first-order chi connectivity index (χ1) is 9.31. The predicted molar refractivity (Wildman–Crippen MR) is 76.4 cm³/mol. The number of rotatable bonds is 5. The Balaban J connectivity index is 1.45. The molecule has 0 aromatic heterocycles. The lowest BCUT2D eigenvalue weighted by Crippen LogP contribution is -2.48. The normalized spacial score (nSPS) is 21.5. The average molecular weight is 258 g/mol. The van der Waals surface area contributed by atoms with Gasteiger partial charge in [0, 0.05) is 38.3 Å². The van der Waals surface area contributed by atoms with Crippen molar-refractivity contribution in [2.45, 2.75) is 12.8 Å². The van der Waals surface area contributed by atoms with Crippen LogP contribution in [0.5, 0.6) is 0 Å². The number of piperazine rings is 1. The summed E-state index contributed by atoms with van der Waals surface area (Å²) < 4.78 is 0. The van der Waals surface area contributed by atoms with Gasteiger partial charge in [-0.2, -0.15) is 0 Å². The smallest absolute Gasteiger partial charge is 0.176 e. The number of carbonyl (C=O) groups is 1. The number of ketones is 1. The van der Waals surface area contributed by atoms with Crippen LogP contribution >= 0.6 is 0 Å². The maximum Gasteiger partial charge on any atom is 0.176 e. The molecule has 1 aliphatic carbocycles. The Kier molecular flexibility index (Phi) is 3.95. The molecule has 1 aliphatic heterocycles. The Morgan fingerprint density at radius 2 is 1.63 bits per heavy atom. The zero-order chi connectivity index (χ0) is 13.1. The van der Waals surface area contributed by atoms with Crippen LogP contribution in [0.25, 0.3) is 0 Å². The topological polar surface area (TPSA) is 23.6 Å². The van der Waals surface area contributed by atoms with Crippen LogP contribution in [-0.4, -0.2) is 54.9 Å². The van der Waals surface area contributed by atoms with Gasteiger partial charge in [-0.25, -0.2) is 0 Å². The molecule has 0 atom stereocenters. The molecular weight excluding hydrogens is 236 g/mol. The molecule has 1 saturated carbocycles. The highest BCUT2D eigenvalue weighted by Gasteiger charge is 2.26. The van der Waals surface area contributed by atoms with E-state index in [2.05, 4.69) is 9.80 Å². The zero-order valence-electron chi connectivity index (χ0n) is 11.4. The van der Waals surface area contributed by atoms with Crippen molar-refractivity contribution in [3.63, 3.8) is 0 Å². The van der Waals surface area contributed by atoms with Gasteiger partial charge in [0.2, 0.25) is 0 Å². The summed E-state index contributed by atoms with van der Waals surface area (Å²) in [4.78, 5) is 17.0. The Morgan fingerprint density at radius 1 is 1.00 bits per heavy atom. The number of Topliss-reactive ketones (excluding diaryl/α,β-unsaturated/α-hetero) is 1. The summed E-state index contributed by atoms with van der Waals surface area (Å²) in [5, 5.41) is 0. The summed E-state index contributed by atoms with van der Waals surface area (Å²) in [6.45, 7) is 6.16. The van der Waals surface area contributed by atoms with Crippen molar-refractivity contribution in [1.82, 2.24) is 9.80 Å². The van der Waals surface area contributed by atoms with Gasteiger partial charge < -0.3 is 4.90 Å². The maximum atomic E-state index is 12.1. The van der Waals surface area contributed by atoms with E-state index in [0.29, 0.717) is 6.54 Å². The lowest BCUT2D eigenvalue weighted by atomic mass is 10.1. The third-order valence-electron chi connectivity index (χ3n) is 4.14. The molecule has 0 radical (unpaired) electrons. The highest BCUT2D eigenvalue weighted by atomic mass is 16.1. The van der Waals surface area contributed by atoms with E-state index in [1.165, 1.54) is 19.4 Å². The molecule has 0 amide bonds. The molecule has 1 heterocycles. The largest absolute Gasteiger partial charge is 0.301 e. The van der Waals surface area contributed by atoms with E-state index in [9.17, 15) is 4.79 Å². The van der Waals surface area contributed by atoms with Crippen molar-refractivity contribution in [3.05, 3.63) is 35.9 Å². The van der Waals surface area contributed by atoms with Crippen LogP contribution in [0.2, 0.25) is 0 Å². The maximum absolute atomic E-state index is 12.1. The monoisotopic (exact) mass is 258 g/mol. The van der Waals surface area contributed by atoms with Crippen molar-refractivity contribution in [1.29, 1.82) is 0 Å². The van der Waals surface area contributed by atoms with Gasteiger partial charge in [-0.1, -0.05) is 30.3 Å². The van der Waals surface area contributed by atoms with Gasteiger partial charge in [0.05, 0.1) is 6.54 Å². The molecule has 2 aliphatic rings. The van der Waals surface area contributed by atoms with Crippen molar-refractivity contribution in [3.8, 4) is 0 Å². The molecule has 102 valence electrons. The zero-order valence-corrected chi connectivity index (χ0v) is 11.4. The first-order valence-corrected chi connectivity index (χ1v) is 7.34. The first-order valence-electron chi connectivity index (χ1n) is 7.34. The Bertz CT molecular complexity index is 420. The highest BCUT2D eigenvalue weighted by Crippen LogP contribution is 2.29. The third-order valence-corrected chi connectivity index (χ3v) is 4.14. The van der Waals surface area contributed by atoms with Crippen LogP contribution in [0.3, 0.4) is 0 Å². The second-order valence-corrected chi connectivity index (χ2v) is 5.81. The van der Waals surface area contributed by atoms with E-state index in [0.717, 1.165) is 37.7 Å². The number of hydrogen-bond acceptors (Lipinski definition) is 3. The van der Waals surface area contributed by atoms with Gasteiger partial charge in [-0.3, -0.25) is 9.69 Å². The molecule has 0 N–H and O–H groups in total. The molecule has 0 bridgehead atoms. The van der Waals surface area contributed by atoms with Crippen LogP contribution in [0, 0.1) is 5.92 Å². The molecule has 0 spiro atoms. The van der Waals surface area contributed by atoms with Crippen LogP contribution < -0.4 is 0 Å². The molecule has 3 rings (SSSR count). The summed E-state index contributed by atoms with van der Waals surface area (Å²) in [6.07, 6.45) is 2.85. The standard InChI is InChI=1S/C16H22N2O/c19-16(15-4-2-1-3-5-15)13-18-10-8-17(9-11-18)12-14-6-7-14/h1-5,14H,6-13H2. The molecule has 1 aromatic rings. The number of benzene rings is 1. The lowest BCUT2D eigenvalue weighted by Gasteiger charge is -2.34. The minimum absolute atomic E-state index is 0.247. The Morgan fingerprint density at radius 3 is 2.26 bits per heavy atom. The van der Waals surface area contributed by atoms with Crippen molar-refractivity contribution in [2.75, 3.05) is 39.3 Å². The number of carbonyl (C=O) groups excluding carboxylic acids is 1. The van der Waals surface area contributed by atoms with Gasteiger partial charge in [-0.05, 0) is 18.8 Å². The van der Waals surface area contributed by atoms with E-state index >= 15 is 0 Å². The van der Waals surface area contributed by atoms with Gasteiger partial charge in [0.1, 0.15) is 0 Å². The Labute approximate surface area is 115 Å². The number of hydrogen-bond donors (Lipinski definition) is 0. The quantitative estimate of drug-likeness (QED) is 0.754. The SMILES string of the molecule is O=C(CN1CCN(CC2CC2)CC1)c1ccccc1. The molecule has 19 heavy (non-hydrogen) atoms. The molecule has 2 fully saturated rings. The summed E-state index contributed by atoms with van der Waals surface area (Å²) in [5.74, 6) is 1.22. The van der Waals surface area contributed by atoms with Gasteiger partial charge >= 0.3 is 0 Å². The summed E-state index contributed by atoms with van der Waals surface area (Å²) in [5.41, 5.74) is 0.836. The fraction of sp³-hybridized carbons (Fsp3) is 0.562. The van der Waals surface area contributed by atoms with Gasteiger partial charge in [-0.15, -0.1) is 0 Å². The lowest BCUT2D eigenvalue weighted by molar-refractivity contribution is 0.0847. The van der Waals surface area contributed by atoms with E-state index < -0.39 is 0 Å². The van der Waals surface area contributed by atoms with Crippen LogP contribution in [0.1, 0.15) is 23.2 Å². The van der Waals surface area contributed by atoms with E-state index in [1.54, 1.807) is 0 Å². The summed E-state index contributed by atoms with van der Waals surface area (Å²) in [6, 6.07) is 9.63. The molecule has 1 saturated heterocycles. The van der Waals surface area contributed by atoms with Crippen LogP contribution in [0.15, 0.2) is 30.3 Å². The van der Waals surface area contributed by atoms with Crippen molar-refractivity contribution in [2.24, 2.45) is 5.92 Å². The van der Waals surface area contributed by atoms with Gasteiger partial charge in [0.15, 0.2) is 5.78 Å². The molecular formula is C16H22N2O. The first kappa shape index (κ1) is 12.8. The van der Waals surface area contributed by atoms with Crippen molar-refractivity contribution < 1.29 is 4.79 Å². The number of nitrogens with zero attached hydrogens (tertiary/aromatic N) is 2. The molecule has 3 heteroatoms. The minimum Gasteiger partial charge on any atom is -0.301 e. The van der Waals surface area contributed by atoms with Gasteiger partial charge in [0.25, 0.3) is 0 Å². The average Bonchev–Trinajstić information content (AvgIpc) is 3.26. The third kappa shape index (κ3) is 3.64. The Hall–Kier alpha value is -1.19. The highest BCUT2D eigenvalue weighted by molar-refractivity contribution is 5.97. The fourth-order valence-corrected chi connectivity index (χ4v) is 2.71. The van der Waals surface area contributed by atoms with E-state index in [1.807, 2.05) is 30.3 Å². The molecule has 3 nitrogen and oxygen atoms in total.